The fourth-order valence-corrected chi connectivity index (χ4v) is 7.07. The number of hydrogen-bond donors (Lipinski definition) is 1. The van der Waals surface area contributed by atoms with Crippen molar-refractivity contribution in [2.75, 3.05) is 13.7 Å². The SMILES string of the molecule is COC1(c2ccc(Cl)c(Cc3ccc(C4CCC5(CC5)C4)cc3)c2)O[C@H](COC(C)=O)[C@@H](OC(C)=O)[C@H](OC(C)=O)[C@H]1OC(=O)O. The summed E-state index contributed by atoms with van der Waals surface area (Å²) in [6.07, 6.45) is -0.745. The van der Waals surface area contributed by atoms with Gasteiger partial charge in [-0.2, -0.15) is 0 Å². The summed E-state index contributed by atoms with van der Waals surface area (Å²) in [5.74, 6) is -3.71. The maximum absolute atomic E-state index is 12.3. The number of ether oxygens (including phenoxy) is 6. The van der Waals surface area contributed by atoms with Crippen LogP contribution in [0.3, 0.4) is 0 Å². The first-order valence-corrected chi connectivity index (χ1v) is 15.7. The second-order valence-electron chi connectivity index (χ2n) is 12.4. The van der Waals surface area contributed by atoms with Gasteiger partial charge in [0.1, 0.15) is 12.7 Å². The Labute approximate surface area is 272 Å². The first kappa shape index (κ1) is 33.7. The Morgan fingerprint density at radius 2 is 1.59 bits per heavy atom. The predicted molar refractivity (Wildman–Crippen MR) is 163 cm³/mol. The van der Waals surface area contributed by atoms with Gasteiger partial charge in [0.2, 0.25) is 11.9 Å². The van der Waals surface area contributed by atoms with Crippen molar-refractivity contribution < 1.29 is 52.7 Å². The first-order chi connectivity index (χ1) is 21.8. The molecule has 12 heteroatoms. The summed E-state index contributed by atoms with van der Waals surface area (Å²) in [5, 5.41) is 10.2. The van der Waals surface area contributed by atoms with Gasteiger partial charge in [0.05, 0.1) is 0 Å². The second-order valence-corrected chi connectivity index (χ2v) is 12.9. The Morgan fingerprint density at radius 3 is 2.15 bits per heavy atom. The van der Waals surface area contributed by atoms with Crippen LogP contribution in [-0.4, -0.2) is 67.3 Å². The van der Waals surface area contributed by atoms with Crippen LogP contribution in [0.4, 0.5) is 4.79 Å². The largest absolute Gasteiger partial charge is 0.506 e. The molecule has 46 heavy (non-hydrogen) atoms. The van der Waals surface area contributed by atoms with Gasteiger partial charge in [-0.05, 0) is 78.7 Å². The van der Waals surface area contributed by atoms with E-state index in [1.807, 2.05) is 0 Å². The molecule has 1 N–H and O–H groups in total. The van der Waals surface area contributed by atoms with Gasteiger partial charge in [-0.15, -0.1) is 0 Å². The highest BCUT2D eigenvalue weighted by Crippen LogP contribution is 2.61. The van der Waals surface area contributed by atoms with E-state index >= 15 is 0 Å². The number of benzene rings is 2. The molecule has 0 radical (unpaired) electrons. The molecule has 5 rings (SSSR count). The zero-order valence-electron chi connectivity index (χ0n) is 26.3. The van der Waals surface area contributed by atoms with Crippen LogP contribution in [0.5, 0.6) is 0 Å². The number of carbonyl (C=O) groups is 4. The maximum atomic E-state index is 12.3. The van der Waals surface area contributed by atoms with Crippen molar-refractivity contribution in [3.05, 3.63) is 69.7 Å². The van der Waals surface area contributed by atoms with Gasteiger partial charge in [-0.25, -0.2) is 4.79 Å². The highest BCUT2D eigenvalue weighted by atomic mass is 35.5. The normalized spacial score (nSPS) is 27.9. The van der Waals surface area contributed by atoms with Crippen LogP contribution in [-0.2, 0) is 55.0 Å². The van der Waals surface area contributed by atoms with Crippen LogP contribution in [0.25, 0.3) is 0 Å². The fourth-order valence-electron chi connectivity index (χ4n) is 6.89. The third-order valence-electron chi connectivity index (χ3n) is 9.23. The van der Waals surface area contributed by atoms with Crippen molar-refractivity contribution in [2.24, 2.45) is 5.41 Å². The Balaban J connectivity index is 1.50. The summed E-state index contributed by atoms with van der Waals surface area (Å²) in [6.45, 7) is 2.97. The number of rotatable bonds is 10. The van der Waals surface area contributed by atoms with Gasteiger partial charge in [0.25, 0.3) is 0 Å². The van der Waals surface area contributed by atoms with Crippen LogP contribution in [0.2, 0.25) is 5.02 Å². The van der Waals surface area contributed by atoms with Crippen molar-refractivity contribution in [1.82, 2.24) is 0 Å². The van der Waals surface area contributed by atoms with Crippen molar-refractivity contribution in [3.63, 3.8) is 0 Å². The average molecular weight is 659 g/mol. The van der Waals surface area contributed by atoms with E-state index in [-0.39, 0.29) is 5.56 Å². The molecule has 2 aromatic rings. The number of hydrogen-bond acceptors (Lipinski definition) is 10. The van der Waals surface area contributed by atoms with Gasteiger partial charge < -0.3 is 33.5 Å². The smallest absolute Gasteiger partial charge is 0.463 e. The Kier molecular flexibility index (Phi) is 9.95. The van der Waals surface area contributed by atoms with E-state index in [0.717, 1.165) is 19.4 Å². The molecule has 1 aliphatic heterocycles. The number of methoxy groups -OCH3 is 1. The lowest BCUT2D eigenvalue weighted by Gasteiger charge is -2.50. The highest BCUT2D eigenvalue weighted by molar-refractivity contribution is 6.31. The van der Waals surface area contributed by atoms with Crippen molar-refractivity contribution >= 4 is 35.7 Å². The van der Waals surface area contributed by atoms with Gasteiger partial charge >= 0.3 is 24.1 Å². The Morgan fingerprint density at radius 1 is 0.913 bits per heavy atom. The highest BCUT2D eigenvalue weighted by Gasteiger charge is 2.62. The van der Waals surface area contributed by atoms with Gasteiger partial charge in [-0.3, -0.25) is 14.4 Å². The molecule has 3 fully saturated rings. The zero-order valence-corrected chi connectivity index (χ0v) is 27.0. The zero-order chi connectivity index (χ0) is 33.2. The van der Waals surface area contributed by atoms with Crippen LogP contribution >= 0.6 is 11.6 Å². The standard InChI is InChI=1S/C34H39ClO11/c1-19(36)42-18-28-29(43-20(2)37)30(44-21(3)38)31(45-32(39)40)34(41-4,46-28)26-9-10-27(35)25(16-26)15-22-5-7-23(8-6-22)24-11-12-33(17-24)13-14-33/h5-10,16,24,28-31H,11-15,17-18H2,1-4H3,(H,39,40)/t24?,28-,29-,30+,31-,34?/m1/s1. The Bertz CT molecular complexity index is 1470. The predicted octanol–water partition coefficient (Wildman–Crippen LogP) is 5.67. The molecule has 3 aliphatic rings. The number of carboxylic acid groups (broad SMARTS) is 1. The molecule has 0 bridgehead atoms. The molecule has 6 atom stereocenters. The topological polar surface area (TPSA) is 144 Å². The van der Waals surface area contributed by atoms with Crippen LogP contribution in [0.15, 0.2) is 42.5 Å². The van der Waals surface area contributed by atoms with Crippen molar-refractivity contribution in [2.45, 2.75) is 95.4 Å². The van der Waals surface area contributed by atoms with Crippen LogP contribution in [0, 0.1) is 5.41 Å². The molecule has 2 aliphatic carbocycles. The number of esters is 3. The number of halogens is 1. The van der Waals surface area contributed by atoms with Gasteiger partial charge in [0.15, 0.2) is 12.2 Å². The van der Waals surface area contributed by atoms with Crippen molar-refractivity contribution in [1.29, 1.82) is 0 Å². The monoisotopic (exact) mass is 658 g/mol. The third kappa shape index (κ3) is 7.32. The summed E-state index contributed by atoms with van der Waals surface area (Å²) in [4.78, 5) is 48.1. The summed E-state index contributed by atoms with van der Waals surface area (Å²) < 4.78 is 33.7. The van der Waals surface area contributed by atoms with E-state index in [1.165, 1.54) is 51.7 Å². The lowest BCUT2D eigenvalue weighted by atomic mass is 9.86. The fraction of sp³-hybridized carbons (Fsp3) is 0.529. The minimum Gasteiger partial charge on any atom is -0.463 e. The molecule has 248 valence electrons. The minimum absolute atomic E-state index is 0.282. The van der Waals surface area contributed by atoms with E-state index in [9.17, 15) is 24.3 Å². The molecule has 0 aromatic heterocycles. The van der Waals surface area contributed by atoms with Crippen LogP contribution < -0.4 is 0 Å². The molecule has 2 aromatic carbocycles. The maximum Gasteiger partial charge on any atom is 0.506 e. The lowest BCUT2D eigenvalue weighted by Crippen LogP contribution is -2.67. The third-order valence-corrected chi connectivity index (χ3v) is 9.60. The lowest BCUT2D eigenvalue weighted by molar-refractivity contribution is -0.367. The summed E-state index contributed by atoms with van der Waals surface area (Å²) >= 11 is 6.67. The van der Waals surface area contributed by atoms with Crippen LogP contribution in [0.1, 0.15) is 81.0 Å². The minimum atomic E-state index is -2.05. The quantitative estimate of drug-likeness (QED) is 0.249. The van der Waals surface area contributed by atoms with E-state index < -0.39 is 60.9 Å². The van der Waals surface area contributed by atoms with E-state index in [2.05, 4.69) is 24.3 Å². The summed E-state index contributed by atoms with van der Waals surface area (Å²) in [5.41, 5.74) is 3.90. The van der Waals surface area contributed by atoms with Gasteiger partial charge in [0, 0.05) is 38.5 Å². The van der Waals surface area contributed by atoms with E-state index in [4.69, 9.17) is 40.0 Å². The molecule has 1 heterocycles. The number of carbonyl (C=O) groups excluding carboxylic acids is 3. The van der Waals surface area contributed by atoms with E-state index in [1.54, 1.807) is 18.2 Å². The molecule has 2 unspecified atom stereocenters. The molecule has 11 nitrogen and oxygen atoms in total. The molecule has 0 amide bonds. The summed E-state index contributed by atoms with van der Waals surface area (Å²) in [7, 11) is 1.26. The van der Waals surface area contributed by atoms with Crippen molar-refractivity contribution in [3.8, 4) is 0 Å². The molecule has 1 spiro atoms. The molecule has 2 saturated carbocycles. The second kappa shape index (κ2) is 13.6. The van der Waals surface area contributed by atoms with Gasteiger partial charge in [-0.1, -0.05) is 41.9 Å². The first-order valence-electron chi connectivity index (χ1n) is 15.3. The molecular weight excluding hydrogens is 620 g/mol. The molecule has 1 saturated heterocycles. The summed E-state index contributed by atoms with van der Waals surface area (Å²) in [6, 6.07) is 13.4. The van der Waals surface area contributed by atoms with E-state index in [0.29, 0.717) is 28.3 Å². The average Bonchev–Trinajstić information content (AvgIpc) is 3.63. The Hall–Kier alpha value is -3.67. The molecular formula is C34H39ClO11.